The Labute approximate surface area is 245 Å². The SMILES string of the molecule is CN(CC(=O)N(Cc1ccc(C2CCCCC2)cc1)c1ccc(C(=O)O)c(O)c1)S(=O)(=O)c1cccc2ccccc12. The Kier molecular flexibility index (Phi) is 8.61. The number of sulfonamides is 1. The van der Waals surface area contributed by atoms with Gasteiger partial charge in [-0.05, 0) is 53.5 Å². The van der Waals surface area contributed by atoms with Crippen LogP contribution in [-0.2, 0) is 21.4 Å². The van der Waals surface area contributed by atoms with Gasteiger partial charge < -0.3 is 15.1 Å². The number of carboxylic acids is 1. The van der Waals surface area contributed by atoms with Crippen molar-refractivity contribution in [3.8, 4) is 5.75 Å². The van der Waals surface area contributed by atoms with Crippen LogP contribution in [-0.4, -0.2) is 48.4 Å². The number of phenols is 1. The van der Waals surface area contributed by atoms with Gasteiger partial charge in [-0.15, -0.1) is 0 Å². The van der Waals surface area contributed by atoms with Crippen LogP contribution in [0.5, 0.6) is 5.75 Å². The summed E-state index contributed by atoms with van der Waals surface area (Å²) in [7, 11) is -2.68. The fraction of sp³-hybridized carbons (Fsp3) is 0.273. The van der Waals surface area contributed by atoms with E-state index in [1.165, 1.54) is 61.0 Å². The number of amides is 1. The van der Waals surface area contributed by atoms with Crippen LogP contribution in [0.3, 0.4) is 0 Å². The zero-order chi connectivity index (χ0) is 29.9. The largest absolute Gasteiger partial charge is 0.507 e. The van der Waals surface area contributed by atoms with E-state index in [0.29, 0.717) is 11.3 Å². The lowest BCUT2D eigenvalue weighted by Gasteiger charge is -2.27. The zero-order valence-electron chi connectivity index (χ0n) is 23.4. The van der Waals surface area contributed by atoms with Crippen LogP contribution < -0.4 is 4.90 Å². The molecule has 1 fully saturated rings. The summed E-state index contributed by atoms with van der Waals surface area (Å²) in [6, 6.07) is 24.1. The molecule has 4 aromatic rings. The van der Waals surface area contributed by atoms with Crippen LogP contribution in [0.4, 0.5) is 5.69 Å². The van der Waals surface area contributed by atoms with Crippen molar-refractivity contribution in [3.05, 3.63) is 102 Å². The molecule has 1 saturated carbocycles. The van der Waals surface area contributed by atoms with Crippen LogP contribution in [0.25, 0.3) is 10.8 Å². The maximum Gasteiger partial charge on any atom is 0.339 e. The average molecular weight is 587 g/mol. The molecular weight excluding hydrogens is 552 g/mol. The summed E-state index contributed by atoms with van der Waals surface area (Å²) in [6.07, 6.45) is 6.04. The monoisotopic (exact) mass is 586 g/mol. The second-order valence-corrected chi connectivity index (χ2v) is 12.8. The molecule has 218 valence electrons. The molecule has 1 aliphatic rings. The summed E-state index contributed by atoms with van der Waals surface area (Å²) in [5.41, 5.74) is 2.05. The minimum Gasteiger partial charge on any atom is -0.507 e. The lowest BCUT2D eigenvalue weighted by atomic mass is 9.84. The Hall–Kier alpha value is -4.21. The molecule has 0 aliphatic heterocycles. The highest BCUT2D eigenvalue weighted by atomic mass is 32.2. The van der Waals surface area contributed by atoms with E-state index in [4.69, 9.17) is 0 Å². The zero-order valence-corrected chi connectivity index (χ0v) is 24.3. The molecule has 0 aromatic heterocycles. The second kappa shape index (κ2) is 12.3. The minimum absolute atomic E-state index is 0.101. The quantitative estimate of drug-likeness (QED) is 0.243. The van der Waals surface area contributed by atoms with Crippen molar-refractivity contribution in [2.45, 2.75) is 49.5 Å². The first-order valence-electron chi connectivity index (χ1n) is 14.0. The molecule has 0 spiro atoms. The van der Waals surface area contributed by atoms with E-state index in [1.54, 1.807) is 18.2 Å². The van der Waals surface area contributed by atoms with Crippen LogP contribution in [0.15, 0.2) is 89.8 Å². The van der Waals surface area contributed by atoms with Gasteiger partial charge in [0.1, 0.15) is 11.3 Å². The van der Waals surface area contributed by atoms with E-state index in [9.17, 15) is 28.2 Å². The molecule has 5 rings (SSSR count). The molecule has 1 amide bonds. The number of hydrogen-bond acceptors (Lipinski definition) is 5. The fourth-order valence-corrected chi connectivity index (χ4v) is 6.99. The third-order valence-corrected chi connectivity index (χ3v) is 9.88. The summed E-state index contributed by atoms with van der Waals surface area (Å²) in [6.45, 7) is -0.356. The van der Waals surface area contributed by atoms with Gasteiger partial charge in [-0.2, -0.15) is 4.31 Å². The van der Waals surface area contributed by atoms with Crippen LogP contribution in [0, 0.1) is 0 Å². The minimum atomic E-state index is -4.03. The van der Waals surface area contributed by atoms with Crippen LogP contribution >= 0.6 is 0 Å². The highest BCUT2D eigenvalue weighted by Gasteiger charge is 2.28. The van der Waals surface area contributed by atoms with Gasteiger partial charge in [0.05, 0.1) is 18.0 Å². The van der Waals surface area contributed by atoms with Gasteiger partial charge in [0.2, 0.25) is 15.9 Å². The van der Waals surface area contributed by atoms with Gasteiger partial charge in [0.15, 0.2) is 0 Å². The molecule has 0 bridgehead atoms. The Balaban J connectivity index is 1.43. The normalized spacial score (nSPS) is 14.2. The first-order valence-corrected chi connectivity index (χ1v) is 15.5. The van der Waals surface area contributed by atoms with E-state index in [0.717, 1.165) is 28.1 Å². The van der Waals surface area contributed by atoms with Crippen molar-refractivity contribution in [2.75, 3.05) is 18.5 Å². The molecule has 1 aliphatic carbocycles. The molecule has 42 heavy (non-hydrogen) atoms. The van der Waals surface area contributed by atoms with E-state index < -0.39 is 34.2 Å². The Morgan fingerprint density at radius 3 is 2.26 bits per heavy atom. The number of carbonyl (C=O) groups excluding carboxylic acids is 1. The summed E-state index contributed by atoms with van der Waals surface area (Å²) in [5, 5.41) is 21.1. The number of fused-ring (bicyclic) bond motifs is 1. The van der Waals surface area contributed by atoms with Crippen molar-refractivity contribution in [3.63, 3.8) is 0 Å². The van der Waals surface area contributed by atoms with E-state index in [2.05, 4.69) is 12.1 Å². The highest BCUT2D eigenvalue weighted by Crippen LogP contribution is 2.33. The molecule has 0 radical (unpaired) electrons. The number of aromatic carboxylic acids is 1. The van der Waals surface area contributed by atoms with Crippen LogP contribution in [0.2, 0.25) is 0 Å². The van der Waals surface area contributed by atoms with Crippen molar-refractivity contribution in [2.24, 2.45) is 0 Å². The van der Waals surface area contributed by atoms with Crippen molar-refractivity contribution in [1.82, 2.24) is 4.31 Å². The van der Waals surface area contributed by atoms with Gasteiger partial charge in [-0.25, -0.2) is 13.2 Å². The van der Waals surface area contributed by atoms with Gasteiger partial charge in [-0.1, -0.05) is 79.9 Å². The number of anilines is 1. The Bertz CT molecular complexity index is 1710. The van der Waals surface area contributed by atoms with Gasteiger partial charge in [-0.3, -0.25) is 4.79 Å². The van der Waals surface area contributed by atoms with E-state index in [-0.39, 0.29) is 22.7 Å². The van der Waals surface area contributed by atoms with Gasteiger partial charge in [0, 0.05) is 24.2 Å². The van der Waals surface area contributed by atoms with Crippen molar-refractivity contribution < 1.29 is 28.2 Å². The van der Waals surface area contributed by atoms with E-state index in [1.807, 2.05) is 30.3 Å². The predicted molar refractivity (Wildman–Crippen MR) is 162 cm³/mol. The average Bonchev–Trinajstić information content (AvgIpc) is 3.00. The molecular formula is C33H34N2O6S. The first kappa shape index (κ1) is 29.3. The number of rotatable bonds is 9. The molecule has 0 atom stereocenters. The van der Waals surface area contributed by atoms with Gasteiger partial charge in [0.25, 0.3) is 0 Å². The molecule has 0 saturated heterocycles. The number of aromatic hydroxyl groups is 1. The number of carbonyl (C=O) groups is 2. The Morgan fingerprint density at radius 2 is 1.57 bits per heavy atom. The number of benzene rings is 4. The van der Waals surface area contributed by atoms with Gasteiger partial charge >= 0.3 is 5.97 Å². The van der Waals surface area contributed by atoms with Crippen molar-refractivity contribution in [1.29, 1.82) is 0 Å². The first-order chi connectivity index (χ1) is 20.1. The topological polar surface area (TPSA) is 115 Å². The molecule has 0 heterocycles. The lowest BCUT2D eigenvalue weighted by Crippen LogP contribution is -2.41. The number of likely N-dealkylation sites (N-methyl/N-ethyl adjacent to an activating group) is 1. The highest BCUT2D eigenvalue weighted by molar-refractivity contribution is 7.89. The maximum absolute atomic E-state index is 13.8. The fourth-order valence-electron chi connectivity index (χ4n) is 5.66. The number of carboxylic acid groups (broad SMARTS) is 1. The van der Waals surface area contributed by atoms with Crippen LogP contribution in [0.1, 0.15) is 59.5 Å². The lowest BCUT2D eigenvalue weighted by molar-refractivity contribution is -0.118. The summed E-state index contributed by atoms with van der Waals surface area (Å²) in [4.78, 5) is 26.7. The maximum atomic E-state index is 13.8. The molecule has 9 heteroatoms. The molecule has 8 nitrogen and oxygen atoms in total. The third-order valence-electron chi connectivity index (χ3n) is 8.02. The number of nitrogens with zero attached hydrogens (tertiary/aromatic N) is 2. The number of hydrogen-bond donors (Lipinski definition) is 2. The predicted octanol–water partition coefficient (Wildman–Crippen LogP) is 6.15. The summed E-state index contributed by atoms with van der Waals surface area (Å²) < 4.78 is 28.2. The van der Waals surface area contributed by atoms with Crippen molar-refractivity contribution >= 4 is 38.4 Å². The smallest absolute Gasteiger partial charge is 0.339 e. The summed E-state index contributed by atoms with van der Waals surface area (Å²) >= 11 is 0. The van der Waals surface area contributed by atoms with E-state index >= 15 is 0 Å². The molecule has 0 unspecified atom stereocenters. The molecule has 2 N–H and O–H groups in total. The second-order valence-electron chi connectivity index (χ2n) is 10.8. The summed E-state index contributed by atoms with van der Waals surface area (Å²) in [5.74, 6) is -1.78. The Morgan fingerprint density at radius 1 is 0.881 bits per heavy atom. The third kappa shape index (κ3) is 6.17. The molecule has 4 aromatic carbocycles. The standard InChI is InChI=1S/C33H34N2O6S/c1-34(42(40,41)31-13-7-11-26-10-5-6-12-28(26)31)22-32(37)35(27-18-19-29(33(38)39)30(36)20-27)21-23-14-16-25(17-15-23)24-8-3-2-4-9-24/h5-7,10-20,24,36H,2-4,8-9,21-22H2,1H3,(H,38,39).